The molecule has 23 heavy (non-hydrogen) atoms. The molecule has 2 aromatic rings. The van der Waals surface area contributed by atoms with Crippen LogP contribution in [0.25, 0.3) is 11.3 Å². The van der Waals surface area contributed by atoms with E-state index in [4.69, 9.17) is 22.1 Å². The normalized spacial score (nSPS) is 16.9. The van der Waals surface area contributed by atoms with Gasteiger partial charge in [-0.2, -0.15) is 0 Å². The standard InChI is InChI=1S/C17H18ClFN2O2/c1-23-14-6-7-15(17(22,9-20)11-3-4-11)21-16(14)10-2-5-13(19)12(18)8-10/h2,5-8,11,22H,3-4,9,20H2,1H3/t17-/m0/s1. The van der Waals surface area contributed by atoms with Crippen LogP contribution >= 0.6 is 11.6 Å². The summed E-state index contributed by atoms with van der Waals surface area (Å²) in [6.45, 7) is 0.0978. The highest BCUT2D eigenvalue weighted by atomic mass is 35.5. The maximum atomic E-state index is 13.4. The van der Waals surface area contributed by atoms with Crippen LogP contribution in [-0.4, -0.2) is 23.7 Å². The van der Waals surface area contributed by atoms with Gasteiger partial charge in [0.25, 0.3) is 0 Å². The Bertz CT molecular complexity index is 737. The lowest BCUT2D eigenvalue weighted by molar-refractivity contribution is 0.0179. The number of pyridine rings is 1. The number of nitrogens with two attached hydrogens (primary N) is 1. The third-order valence-electron chi connectivity index (χ3n) is 4.28. The van der Waals surface area contributed by atoms with E-state index in [1.54, 1.807) is 18.2 Å². The largest absolute Gasteiger partial charge is 0.494 e. The molecular weight excluding hydrogens is 319 g/mol. The Kier molecular flexibility index (Phi) is 4.27. The molecule has 0 unspecified atom stereocenters. The van der Waals surface area contributed by atoms with Crippen molar-refractivity contribution in [3.05, 3.63) is 46.9 Å². The molecule has 0 aliphatic heterocycles. The summed E-state index contributed by atoms with van der Waals surface area (Å²) < 4.78 is 18.7. The topological polar surface area (TPSA) is 68.4 Å². The molecule has 3 rings (SSSR count). The van der Waals surface area contributed by atoms with Crippen LogP contribution in [0, 0.1) is 11.7 Å². The van der Waals surface area contributed by atoms with Gasteiger partial charge >= 0.3 is 0 Å². The third-order valence-corrected chi connectivity index (χ3v) is 4.57. The lowest BCUT2D eigenvalue weighted by Crippen LogP contribution is -2.38. The summed E-state index contributed by atoms with van der Waals surface area (Å²) in [6, 6.07) is 7.80. The highest BCUT2D eigenvalue weighted by Crippen LogP contribution is 2.45. The Morgan fingerprint density at radius 3 is 2.70 bits per heavy atom. The number of nitrogens with zero attached hydrogens (tertiary/aromatic N) is 1. The fraction of sp³-hybridized carbons (Fsp3) is 0.353. The maximum absolute atomic E-state index is 13.4. The van der Waals surface area contributed by atoms with Crippen molar-refractivity contribution in [3.8, 4) is 17.0 Å². The lowest BCUT2D eigenvalue weighted by atomic mass is 9.92. The fourth-order valence-electron chi connectivity index (χ4n) is 2.74. The molecule has 122 valence electrons. The highest BCUT2D eigenvalue weighted by Gasteiger charge is 2.45. The first kappa shape index (κ1) is 16.2. The van der Waals surface area contributed by atoms with Crippen molar-refractivity contribution < 1.29 is 14.2 Å². The van der Waals surface area contributed by atoms with E-state index in [9.17, 15) is 9.50 Å². The fourth-order valence-corrected chi connectivity index (χ4v) is 2.92. The van der Waals surface area contributed by atoms with E-state index in [-0.39, 0.29) is 17.5 Å². The molecule has 1 aliphatic rings. The Labute approximate surface area is 139 Å². The number of benzene rings is 1. The van der Waals surface area contributed by atoms with Crippen LogP contribution in [0.3, 0.4) is 0 Å². The van der Waals surface area contributed by atoms with Gasteiger partial charge in [-0.3, -0.25) is 0 Å². The van der Waals surface area contributed by atoms with Crippen molar-refractivity contribution in [2.75, 3.05) is 13.7 Å². The summed E-state index contributed by atoms with van der Waals surface area (Å²) in [7, 11) is 1.53. The van der Waals surface area contributed by atoms with Gasteiger partial charge in [-0.25, -0.2) is 9.37 Å². The van der Waals surface area contributed by atoms with Gasteiger partial charge in [-0.15, -0.1) is 0 Å². The van der Waals surface area contributed by atoms with Crippen molar-refractivity contribution in [3.63, 3.8) is 0 Å². The molecule has 0 amide bonds. The Balaban J connectivity index is 2.11. The summed E-state index contributed by atoms with van der Waals surface area (Å²) in [5.41, 5.74) is 6.26. The molecular formula is C17H18ClFN2O2. The van der Waals surface area contributed by atoms with Gasteiger partial charge in [0.1, 0.15) is 22.9 Å². The van der Waals surface area contributed by atoms with E-state index >= 15 is 0 Å². The molecule has 1 heterocycles. The monoisotopic (exact) mass is 336 g/mol. The van der Waals surface area contributed by atoms with E-state index in [0.29, 0.717) is 22.7 Å². The number of rotatable bonds is 5. The van der Waals surface area contributed by atoms with Crippen molar-refractivity contribution in [2.45, 2.75) is 18.4 Å². The summed E-state index contributed by atoms with van der Waals surface area (Å²) in [5.74, 6) is 0.145. The van der Waals surface area contributed by atoms with Crippen LogP contribution in [-0.2, 0) is 5.60 Å². The second-order valence-electron chi connectivity index (χ2n) is 5.78. The van der Waals surface area contributed by atoms with Crippen LogP contribution in [0.2, 0.25) is 5.02 Å². The van der Waals surface area contributed by atoms with Gasteiger partial charge < -0.3 is 15.6 Å². The van der Waals surface area contributed by atoms with E-state index in [0.717, 1.165) is 12.8 Å². The number of ether oxygens (including phenoxy) is 1. The van der Waals surface area contributed by atoms with Gasteiger partial charge in [0, 0.05) is 12.1 Å². The molecule has 4 nitrogen and oxygen atoms in total. The summed E-state index contributed by atoms with van der Waals surface area (Å²) in [4.78, 5) is 4.55. The van der Waals surface area contributed by atoms with Crippen molar-refractivity contribution in [1.29, 1.82) is 0 Å². The number of halogens is 2. The quantitative estimate of drug-likeness (QED) is 0.880. The molecule has 0 radical (unpaired) electrons. The van der Waals surface area contributed by atoms with Crippen molar-refractivity contribution in [1.82, 2.24) is 4.98 Å². The first-order valence-electron chi connectivity index (χ1n) is 7.43. The van der Waals surface area contributed by atoms with Crippen molar-refractivity contribution >= 4 is 11.6 Å². The molecule has 0 saturated heterocycles. The molecule has 0 bridgehead atoms. The van der Waals surface area contributed by atoms with Gasteiger partial charge in [-0.1, -0.05) is 11.6 Å². The number of hydrogen-bond acceptors (Lipinski definition) is 4. The van der Waals surface area contributed by atoms with E-state index in [2.05, 4.69) is 4.98 Å². The van der Waals surface area contributed by atoms with Crippen LogP contribution in [0.1, 0.15) is 18.5 Å². The lowest BCUT2D eigenvalue weighted by Gasteiger charge is -2.26. The zero-order valence-corrected chi connectivity index (χ0v) is 13.5. The maximum Gasteiger partial charge on any atom is 0.145 e. The predicted octanol–water partition coefficient (Wildman–Crippen LogP) is 3.11. The molecule has 1 atom stereocenters. The Morgan fingerprint density at radius 1 is 1.39 bits per heavy atom. The average molecular weight is 337 g/mol. The summed E-state index contributed by atoms with van der Waals surface area (Å²) >= 11 is 5.86. The Morgan fingerprint density at radius 2 is 2.13 bits per heavy atom. The first-order chi connectivity index (χ1) is 11.0. The molecule has 3 N–H and O–H groups in total. The zero-order chi connectivity index (χ0) is 16.6. The van der Waals surface area contributed by atoms with Gasteiger partial charge in [-0.05, 0) is 49.1 Å². The smallest absolute Gasteiger partial charge is 0.145 e. The molecule has 1 aromatic heterocycles. The Hall–Kier alpha value is -1.69. The van der Waals surface area contributed by atoms with E-state index in [1.807, 2.05) is 0 Å². The molecule has 1 aromatic carbocycles. The van der Waals surface area contributed by atoms with Crippen LogP contribution in [0.5, 0.6) is 5.75 Å². The van der Waals surface area contributed by atoms with Crippen LogP contribution in [0.4, 0.5) is 4.39 Å². The van der Waals surface area contributed by atoms with Gasteiger partial charge in [0.05, 0.1) is 17.8 Å². The SMILES string of the molecule is COc1ccc([C@](O)(CN)C2CC2)nc1-c1ccc(F)c(Cl)c1. The number of methoxy groups -OCH3 is 1. The molecule has 6 heteroatoms. The van der Waals surface area contributed by atoms with E-state index in [1.165, 1.54) is 19.2 Å². The van der Waals surface area contributed by atoms with Crippen LogP contribution < -0.4 is 10.5 Å². The molecule has 0 spiro atoms. The number of hydrogen-bond donors (Lipinski definition) is 2. The number of aliphatic hydroxyl groups is 1. The second kappa shape index (κ2) is 6.07. The minimum Gasteiger partial charge on any atom is -0.494 e. The minimum atomic E-state index is -1.15. The number of aromatic nitrogens is 1. The van der Waals surface area contributed by atoms with E-state index < -0.39 is 11.4 Å². The molecule has 1 aliphatic carbocycles. The molecule has 1 saturated carbocycles. The minimum absolute atomic E-state index is 0.00744. The van der Waals surface area contributed by atoms with Crippen LogP contribution in [0.15, 0.2) is 30.3 Å². The van der Waals surface area contributed by atoms with Crippen molar-refractivity contribution in [2.24, 2.45) is 11.7 Å². The molecule has 1 fully saturated rings. The highest BCUT2D eigenvalue weighted by molar-refractivity contribution is 6.31. The summed E-state index contributed by atoms with van der Waals surface area (Å²) in [5, 5.41) is 10.9. The summed E-state index contributed by atoms with van der Waals surface area (Å²) in [6.07, 6.45) is 1.86. The third kappa shape index (κ3) is 2.92. The average Bonchev–Trinajstić information content (AvgIpc) is 3.41. The van der Waals surface area contributed by atoms with Gasteiger partial charge in [0.15, 0.2) is 0 Å². The van der Waals surface area contributed by atoms with Gasteiger partial charge in [0.2, 0.25) is 0 Å². The zero-order valence-electron chi connectivity index (χ0n) is 12.7. The second-order valence-corrected chi connectivity index (χ2v) is 6.19. The first-order valence-corrected chi connectivity index (χ1v) is 7.80. The predicted molar refractivity (Wildman–Crippen MR) is 86.9 cm³/mol.